The molecule has 0 spiro atoms. The highest BCUT2D eigenvalue weighted by molar-refractivity contribution is 7.27. The molecule has 4 nitrogen and oxygen atoms in total. The second-order valence-electron chi connectivity index (χ2n) is 4.55. The predicted octanol–water partition coefficient (Wildman–Crippen LogP) is 3.13. The molecule has 1 N–H and O–H groups in total. The van der Waals surface area contributed by atoms with E-state index in [1.807, 2.05) is 30.3 Å². The molecule has 0 amide bonds. The van der Waals surface area contributed by atoms with Crippen LogP contribution in [0.2, 0.25) is 0 Å². The van der Waals surface area contributed by atoms with Gasteiger partial charge in [-0.2, -0.15) is 0 Å². The quantitative estimate of drug-likeness (QED) is 0.752. The zero-order valence-corrected chi connectivity index (χ0v) is 12.3. The molecule has 106 valence electrons. The zero-order valence-electron chi connectivity index (χ0n) is 11.2. The summed E-state index contributed by atoms with van der Waals surface area (Å²) in [7, 11) is 2.63. The normalized spacial score (nSPS) is 10.5. The lowest BCUT2D eigenvalue weighted by atomic mass is 10.1. The fraction of sp³-hybridized carbons (Fsp3) is 0.0625. The minimum absolute atomic E-state index is 0.225. The number of nitrogens with zero attached hydrogens (tertiary/aromatic N) is 1. The first-order valence-corrected chi connectivity index (χ1v) is 7.02. The fourth-order valence-electron chi connectivity index (χ4n) is 1.91. The maximum absolute atomic E-state index is 9.28. The Balaban J connectivity index is 1.71. The summed E-state index contributed by atoms with van der Waals surface area (Å²) in [6.07, 6.45) is 0. The lowest BCUT2D eigenvalue weighted by Gasteiger charge is -2.05. The van der Waals surface area contributed by atoms with Gasteiger partial charge in [-0.25, -0.2) is 0 Å². The van der Waals surface area contributed by atoms with Crippen LogP contribution in [0.4, 0.5) is 0 Å². The second-order valence-corrected chi connectivity index (χ2v) is 5.17. The van der Waals surface area contributed by atoms with Crippen molar-refractivity contribution in [2.45, 2.75) is 6.61 Å². The van der Waals surface area contributed by atoms with Crippen LogP contribution < -0.4 is 10.0 Å². The first-order chi connectivity index (χ1) is 10.2. The van der Waals surface area contributed by atoms with Crippen molar-refractivity contribution >= 4 is 14.5 Å². The van der Waals surface area contributed by atoms with Gasteiger partial charge in [0.1, 0.15) is 23.8 Å². The van der Waals surface area contributed by atoms with Crippen molar-refractivity contribution in [2.75, 3.05) is 0 Å². The van der Waals surface area contributed by atoms with Crippen molar-refractivity contribution in [2.24, 2.45) is 0 Å². The molecule has 5 heteroatoms. The molecule has 1 atom stereocenters. The van der Waals surface area contributed by atoms with Gasteiger partial charge in [-0.3, -0.25) is 0 Å². The first kappa shape index (κ1) is 13.7. The molecular weight excluding hydrogens is 285 g/mol. The molecule has 21 heavy (non-hydrogen) atoms. The topological polar surface area (TPSA) is 55.5 Å². The molecule has 0 saturated heterocycles. The average molecular weight is 299 g/mol. The molecule has 0 aliphatic carbocycles. The van der Waals surface area contributed by atoms with Crippen LogP contribution >= 0.6 is 9.24 Å². The largest absolute Gasteiger partial charge is 0.508 e. The Bertz CT molecular complexity index is 737. The minimum atomic E-state index is 0.225. The van der Waals surface area contributed by atoms with E-state index in [0.717, 1.165) is 16.6 Å². The summed E-state index contributed by atoms with van der Waals surface area (Å²) in [6.45, 7) is 0.316. The van der Waals surface area contributed by atoms with Crippen molar-refractivity contribution in [3.8, 4) is 22.8 Å². The highest BCUT2D eigenvalue weighted by atomic mass is 31.0. The Morgan fingerprint density at radius 1 is 1.10 bits per heavy atom. The van der Waals surface area contributed by atoms with Crippen molar-refractivity contribution in [3.05, 3.63) is 60.4 Å². The van der Waals surface area contributed by atoms with E-state index in [-0.39, 0.29) is 5.75 Å². The maximum atomic E-state index is 9.28. The summed E-state index contributed by atoms with van der Waals surface area (Å²) in [5.41, 5.74) is 1.60. The van der Waals surface area contributed by atoms with Gasteiger partial charge in [0.2, 0.25) is 0 Å². The number of para-hydroxylation sites is 1. The third-order valence-corrected chi connectivity index (χ3v) is 3.49. The van der Waals surface area contributed by atoms with Crippen LogP contribution in [0.3, 0.4) is 0 Å². The van der Waals surface area contributed by atoms with Crippen LogP contribution in [-0.4, -0.2) is 10.3 Å². The molecule has 2 aromatic carbocycles. The molecule has 0 radical (unpaired) electrons. The van der Waals surface area contributed by atoms with E-state index < -0.39 is 0 Å². The molecule has 0 aliphatic heterocycles. The summed E-state index contributed by atoms with van der Waals surface area (Å²) in [5, 5.41) is 14.3. The zero-order chi connectivity index (χ0) is 14.7. The Labute approximate surface area is 124 Å². The Hall–Kier alpha value is -2.32. The van der Waals surface area contributed by atoms with Crippen LogP contribution in [0.1, 0.15) is 5.76 Å². The summed E-state index contributed by atoms with van der Waals surface area (Å²) in [4.78, 5) is 0. The number of aromatic nitrogens is 1. The number of phenolic OH excluding ortho intramolecular Hbond substituents is 1. The molecule has 3 aromatic rings. The van der Waals surface area contributed by atoms with Crippen LogP contribution in [0.25, 0.3) is 11.3 Å². The molecule has 3 rings (SSSR count). The van der Waals surface area contributed by atoms with Crippen LogP contribution in [0.15, 0.2) is 59.1 Å². The number of benzene rings is 2. The number of hydrogen-bond acceptors (Lipinski definition) is 4. The van der Waals surface area contributed by atoms with Gasteiger partial charge in [0, 0.05) is 16.9 Å². The molecule has 0 aliphatic rings. The standard InChI is InChI=1S/C16H14NO3P/c18-12-7-5-11(6-8-12)14-9-13(20-17-14)10-19-15-3-1-2-4-16(15)21/h1-9,18H,10,21H2. The lowest BCUT2D eigenvalue weighted by molar-refractivity contribution is 0.251. The Morgan fingerprint density at radius 3 is 2.62 bits per heavy atom. The lowest BCUT2D eigenvalue weighted by Crippen LogP contribution is -2.01. The van der Waals surface area contributed by atoms with Gasteiger partial charge in [0.05, 0.1) is 0 Å². The van der Waals surface area contributed by atoms with Gasteiger partial charge in [-0.1, -0.05) is 23.4 Å². The highest BCUT2D eigenvalue weighted by Gasteiger charge is 2.08. The van der Waals surface area contributed by atoms with Crippen molar-refractivity contribution in [1.82, 2.24) is 5.16 Å². The van der Waals surface area contributed by atoms with E-state index in [2.05, 4.69) is 14.4 Å². The Morgan fingerprint density at radius 2 is 1.86 bits per heavy atom. The third kappa shape index (κ3) is 3.23. The van der Waals surface area contributed by atoms with Gasteiger partial charge in [0.25, 0.3) is 0 Å². The molecule has 1 unspecified atom stereocenters. The number of phenols is 1. The third-order valence-electron chi connectivity index (χ3n) is 3.01. The molecule has 0 saturated carbocycles. The van der Waals surface area contributed by atoms with Crippen LogP contribution in [0, 0.1) is 0 Å². The number of ether oxygens (including phenoxy) is 1. The van der Waals surface area contributed by atoms with Gasteiger partial charge in [-0.15, -0.1) is 9.24 Å². The van der Waals surface area contributed by atoms with Gasteiger partial charge in [-0.05, 0) is 30.3 Å². The Kier molecular flexibility index (Phi) is 3.89. The van der Waals surface area contributed by atoms with Gasteiger partial charge in [0.15, 0.2) is 5.76 Å². The smallest absolute Gasteiger partial charge is 0.174 e. The molecule has 1 aromatic heterocycles. The van der Waals surface area contributed by atoms with Gasteiger partial charge >= 0.3 is 0 Å². The fourth-order valence-corrected chi connectivity index (χ4v) is 2.20. The van der Waals surface area contributed by atoms with E-state index >= 15 is 0 Å². The first-order valence-electron chi connectivity index (χ1n) is 6.45. The second kappa shape index (κ2) is 5.98. The number of hydrogen-bond donors (Lipinski definition) is 1. The number of rotatable bonds is 4. The van der Waals surface area contributed by atoms with E-state index in [1.54, 1.807) is 24.3 Å². The van der Waals surface area contributed by atoms with Crippen LogP contribution in [-0.2, 0) is 6.61 Å². The SMILES string of the molecule is Oc1ccc(-c2cc(COc3ccccc3P)on2)cc1. The summed E-state index contributed by atoms with van der Waals surface area (Å²) in [6, 6.07) is 16.4. The number of aromatic hydroxyl groups is 1. The van der Waals surface area contributed by atoms with E-state index in [0.29, 0.717) is 18.1 Å². The molecular formula is C16H14NO3P. The molecule has 1 heterocycles. The summed E-state index contributed by atoms with van der Waals surface area (Å²) in [5.74, 6) is 1.67. The van der Waals surface area contributed by atoms with Crippen molar-refractivity contribution < 1.29 is 14.4 Å². The summed E-state index contributed by atoms with van der Waals surface area (Å²) < 4.78 is 11.0. The van der Waals surface area contributed by atoms with E-state index in [4.69, 9.17) is 9.26 Å². The van der Waals surface area contributed by atoms with Crippen molar-refractivity contribution in [1.29, 1.82) is 0 Å². The highest BCUT2D eigenvalue weighted by Crippen LogP contribution is 2.22. The monoisotopic (exact) mass is 299 g/mol. The molecule has 0 bridgehead atoms. The predicted molar refractivity (Wildman–Crippen MR) is 83.7 cm³/mol. The minimum Gasteiger partial charge on any atom is -0.508 e. The van der Waals surface area contributed by atoms with Crippen molar-refractivity contribution in [3.63, 3.8) is 0 Å². The van der Waals surface area contributed by atoms with Gasteiger partial charge < -0.3 is 14.4 Å². The molecule has 0 fully saturated rings. The maximum Gasteiger partial charge on any atom is 0.174 e. The average Bonchev–Trinajstić information content (AvgIpc) is 2.96. The van der Waals surface area contributed by atoms with E-state index in [9.17, 15) is 5.11 Å². The summed E-state index contributed by atoms with van der Waals surface area (Å²) >= 11 is 0. The van der Waals surface area contributed by atoms with Crippen LogP contribution in [0.5, 0.6) is 11.5 Å². The van der Waals surface area contributed by atoms with E-state index in [1.165, 1.54) is 0 Å².